The summed E-state index contributed by atoms with van der Waals surface area (Å²) in [6, 6.07) is 4.29. The Morgan fingerprint density at radius 3 is 2.65 bits per heavy atom. The predicted octanol–water partition coefficient (Wildman–Crippen LogP) is 3.99. The van der Waals surface area contributed by atoms with Gasteiger partial charge in [-0.1, -0.05) is 25.8 Å². The highest BCUT2D eigenvalue weighted by atomic mass is 19.4. The van der Waals surface area contributed by atoms with E-state index in [0.717, 1.165) is 13.0 Å². The van der Waals surface area contributed by atoms with Crippen molar-refractivity contribution in [2.75, 3.05) is 13.2 Å². The molecule has 0 bridgehead atoms. The molecule has 1 aromatic rings. The number of rotatable bonds is 7. The van der Waals surface area contributed by atoms with Gasteiger partial charge in [-0.15, -0.1) is 0 Å². The first-order valence-electron chi connectivity index (χ1n) is 7.04. The van der Waals surface area contributed by atoms with Crippen molar-refractivity contribution in [3.05, 3.63) is 29.3 Å². The smallest absolute Gasteiger partial charge is 0.419 e. The summed E-state index contributed by atoms with van der Waals surface area (Å²) in [6.07, 6.45) is -1.18. The Kier molecular flexibility index (Phi) is 4.91. The average molecular weight is 287 g/mol. The first kappa shape index (κ1) is 15.2. The highest BCUT2D eigenvalue weighted by Crippen LogP contribution is 2.38. The van der Waals surface area contributed by atoms with Crippen LogP contribution in [0.4, 0.5) is 13.2 Å². The molecule has 0 aliphatic heterocycles. The van der Waals surface area contributed by atoms with Crippen LogP contribution in [0.15, 0.2) is 18.2 Å². The summed E-state index contributed by atoms with van der Waals surface area (Å²) in [5.74, 6) is 0.593. The maximum Gasteiger partial charge on any atom is 0.419 e. The SMILES string of the molecule is CCNCc1ccc(OCCC2CC2)c(C(F)(F)F)c1. The van der Waals surface area contributed by atoms with Crippen molar-refractivity contribution in [1.82, 2.24) is 5.32 Å². The van der Waals surface area contributed by atoms with Gasteiger partial charge >= 0.3 is 6.18 Å². The zero-order valence-electron chi connectivity index (χ0n) is 11.6. The molecule has 1 aliphatic carbocycles. The van der Waals surface area contributed by atoms with Gasteiger partial charge in [0.2, 0.25) is 0 Å². The van der Waals surface area contributed by atoms with E-state index in [-0.39, 0.29) is 5.75 Å². The van der Waals surface area contributed by atoms with Crippen molar-refractivity contribution in [3.8, 4) is 5.75 Å². The monoisotopic (exact) mass is 287 g/mol. The summed E-state index contributed by atoms with van der Waals surface area (Å²) in [5, 5.41) is 3.02. The Morgan fingerprint density at radius 2 is 2.05 bits per heavy atom. The van der Waals surface area contributed by atoms with Gasteiger partial charge in [0.05, 0.1) is 12.2 Å². The molecule has 2 rings (SSSR count). The minimum Gasteiger partial charge on any atom is -0.493 e. The Balaban J connectivity index is 2.07. The molecule has 0 atom stereocenters. The van der Waals surface area contributed by atoms with Crippen molar-refractivity contribution in [2.24, 2.45) is 5.92 Å². The van der Waals surface area contributed by atoms with E-state index >= 15 is 0 Å². The van der Waals surface area contributed by atoms with Gasteiger partial charge in [0.25, 0.3) is 0 Å². The zero-order chi connectivity index (χ0) is 14.6. The van der Waals surface area contributed by atoms with Crippen LogP contribution in [0.5, 0.6) is 5.75 Å². The fourth-order valence-corrected chi connectivity index (χ4v) is 2.05. The quantitative estimate of drug-likeness (QED) is 0.818. The molecular weight excluding hydrogens is 267 g/mol. The molecule has 1 fully saturated rings. The van der Waals surface area contributed by atoms with Crippen LogP contribution in [-0.4, -0.2) is 13.2 Å². The largest absolute Gasteiger partial charge is 0.493 e. The van der Waals surface area contributed by atoms with Crippen molar-refractivity contribution in [1.29, 1.82) is 0 Å². The van der Waals surface area contributed by atoms with E-state index in [1.54, 1.807) is 6.07 Å². The van der Waals surface area contributed by atoms with Gasteiger partial charge in [0, 0.05) is 6.54 Å². The summed E-state index contributed by atoms with van der Waals surface area (Å²) in [4.78, 5) is 0. The molecule has 0 spiro atoms. The third-order valence-corrected chi connectivity index (χ3v) is 3.41. The van der Waals surface area contributed by atoms with E-state index in [1.165, 1.54) is 25.0 Å². The molecule has 112 valence electrons. The number of benzene rings is 1. The lowest BCUT2D eigenvalue weighted by molar-refractivity contribution is -0.139. The number of halogens is 3. The predicted molar refractivity (Wildman–Crippen MR) is 71.7 cm³/mol. The molecule has 1 aliphatic rings. The highest BCUT2D eigenvalue weighted by molar-refractivity contribution is 5.39. The molecule has 1 saturated carbocycles. The molecule has 2 nitrogen and oxygen atoms in total. The molecule has 0 radical (unpaired) electrons. The van der Waals surface area contributed by atoms with E-state index in [9.17, 15) is 13.2 Å². The van der Waals surface area contributed by atoms with Crippen LogP contribution >= 0.6 is 0 Å². The van der Waals surface area contributed by atoms with Crippen molar-refractivity contribution in [3.63, 3.8) is 0 Å². The van der Waals surface area contributed by atoms with Gasteiger partial charge in [0.15, 0.2) is 0 Å². The highest BCUT2D eigenvalue weighted by Gasteiger charge is 2.34. The topological polar surface area (TPSA) is 21.3 Å². The first-order valence-corrected chi connectivity index (χ1v) is 7.04. The fraction of sp³-hybridized carbons (Fsp3) is 0.600. The van der Waals surface area contributed by atoms with Crippen molar-refractivity contribution < 1.29 is 17.9 Å². The van der Waals surface area contributed by atoms with Crippen LogP contribution in [0, 0.1) is 5.92 Å². The number of nitrogens with one attached hydrogen (secondary N) is 1. The second-order valence-corrected chi connectivity index (χ2v) is 5.19. The Hall–Kier alpha value is -1.23. The lowest BCUT2D eigenvalue weighted by Crippen LogP contribution is -2.14. The summed E-state index contributed by atoms with van der Waals surface area (Å²) >= 11 is 0. The van der Waals surface area contributed by atoms with Crippen LogP contribution in [0.3, 0.4) is 0 Å². The first-order chi connectivity index (χ1) is 9.50. The van der Waals surface area contributed by atoms with Crippen molar-refractivity contribution in [2.45, 2.75) is 38.9 Å². The van der Waals surface area contributed by atoms with E-state index < -0.39 is 11.7 Å². The molecule has 0 unspecified atom stereocenters. The normalized spacial score (nSPS) is 15.4. The summed E-state index contributed by atoms with van der Waals surface area (Å²) in [5.41, 5.74) is -0.0579. The molecule has 5 heteroatoms. The van der Waals surface area contributed by atoms with Gasteiger partial charge in [-0.3, -0.25) is 0 Å². The van der Waals surface area contributed by atoms with Crippen molar-refractivity contribution >= 4 is 0 Å². The molecule has 0 heterocycles. The zero-order valence-corrected chi connectivity index (χ0v) is 11.6. The lowest BCUT2D eigenvalue weighted by Gasteiger charge is -2.15. The van der Waals surface area contributed by atoms with Gasteiger partial charge in [-0.2, -0.15) is 13.2 Å². The van der Waals surface area contributed by atoms with E-state index in [0.29, 0.717) is 24.6 Å². The maximum atomic E-state index is 13.0. The van der Waals surface area contributed by atoms with Crippen LogP contribution in [0.2, 0.25) is 0 Å². The standard InChI is InChI=1S/C15H20F3NO/c1-2-19-10-12-5-6-14(13(9-12)15(16,17)18)20-8-7-11-3-4-11/h5-6,9,11,19H,2-4,7-8,10H2,1H3. The van der Waals surface area contributed by atoms with Gasteiger partial charge in [-0.05, 0) is 36.6 Å². The van der Waals surface area contributed by atoms with E-state index in [2.05, 4.69) is 5.32 Å². The Morgan fingerprint density at radius 1 is 1.30 bits per heavy atom. The van der Waals surface area contributed by atoms with Crippen LogP contribution < -0.4 is 10.1 Å². The molecule has 1 aromatic carbocycles. The summed E-state index contributed by atoms with van der Waals surface area (Å²) in [6.45, 7) is 3.43. The van der Waals surface area contributed by atoms with E-state index in [1.807, 2.05) is 6.92 Å². The second-order valence-electron chi connectivity index (χ2n) is 5.19. The number of alkyl halides is 3. The van der Waals surface area contributed by atoms with Gasteiger partial charge in [-0.25, -0.2) is 0 Å². The van der Waals surface area contributed by atoms with Crippen LogP contribution in [0.25, 0.3) is 0 Å². The number of hydrogen-bond donors (Lipinski definition) is 1. The maximum absolute atomic E-state index is 13.0. The second kappa shape index (κ2) is 6.48. The Bertz CT molecular complexity index is 441. The summed E-state index contributed by atoms with van der Waals surface area (Å²) in [7, 11) is 0. The van der Waals surface area contributed by atoms with Crippen LogP contribution in [0.1, 0.15) is 37.3 Å². The molecule has 0 saturated heterocycles. The molecule has 20 heavy (non-hydrogen) atoms. The van der Waals surface area contributed by atoms with E-state index in [4.69, 9.17) is 4.74 Å². The molecule has 1 N–H and O–H groups in total. The fourth-order valence-electron chi connectivity index (χ4n) is 2.05. The third kappa shape index (κ3) is 4.40. The minimum atomic E-state index is -4.38. The number of ether oxygens (including phenoxy) is 1. The average Bonchev–Trinajstić information content (AvgIpc) is 3.20. The number of hydrogen-bond acceptors (Lipinski definition) is 2. The molecular formula is C15H20F3NO. The Labute approximate surface area is 117 Å². The molecule has 0 amide bonds. The van der Waals surface area contributed by atoms with Gasteiger partial charge < -0.3 is 10.1 Å². The third-order valence-electron chi connectivity index (χ3n) is 3.41. The summed E-state index contributed by atoms with van der Waals surface area (Å²) < 4.78 is 44.5. The van der Waals surface area contributed by atoms with Crippen LogP contribution in [-0.2, 0) is 12.7 Å². The lowest BCUT2D eigenvalue weighted by atomic mass is 10.1. The minimum absolute atomic E-state index is 0.0570. The van der Waals surface area contributed by atoms with Gasteiger partial charge in [0.1, 0.15) is 5.75 Å². The molecule has 0 aromatic heterocycles.